The third-order valence-electron chi connectivity index (χ3n) is 15.2. The van der Waals surface area contributed by atoms with E-state index in [-0.39, 0.29) is 37.9 Å². The fraction of sp³-hybridized carbons (Fsp3) is 0.700. The summed E-state index contributed by atoms with van der Waals surface area (Å²) in [5.41, 5.74) is 0.470. The van der Waals surface area contributed by atoms with E-state index in [1.165, 1.54) is 0 Å². The Labute approximate surface area is 406 Å². The molecule has 4 rings (SSSR count). The van der Waals surface area contributed by atoms with Gasteiger partial charge < -0.3 is 46.5 Å². The van der Waals surface area contributed by atoms with Crippen LogP contribution in [0.2, 0.25) is 72.5 Å². The van der Waals surface area contributed by atoms with Gasteiger partial charge in [0.15, 0.2) is 45.7 Å². The number of carbonyl (C=O) groups excluding carboxylic acids is 3. The van der Waals surface area contributed by atoms with Crippen molar-refractivity contribution in [1.29, 1.82) is 0 Å². The molecule has 378 valence electrons. The van der Waals surface area contributed by atoms with E-state index in [4.69, 9.17) is 41.4 Å². The predicted molar refractivity (Wildman–Crippen MR) is 271 cm³/mol. The minimum absolute atomic E-state index is 0.0983. The highest BCUT2D eigenvalue weighted by atomic mass is 28.4. The minimum Gasteiger partial charge on any atom is -0.459 e. The summed E-state index contributed by atoms with van der Waals surface area (Å²) in [7, 11) is -10.2. The molecule has 13 nitrogen and oxygen atoms in total. The van der Waals surface area contributed by atoms with Gasteiger partial charge in [-0.3, -0.25) is 0 Å². The maximum Gasteiger partial charge on any atom is 0.350 e. The highest BCUT2D eigenvalue weighted by molar-refractivity contribution is 6.75. The van der Waals surface area contributed by atoms with Crippen LogP contribution in [0, 0.1) is 0 Å². The molecule has 1 N–H and O–H groups in total. The van der Waals surface area contributed by atoms with Gasteiger partial charge in [0.05, 0.1) is 23.8 Å². The average molecular weight is 1010 g/mol. The third kappa shape index (κ3) is 13.9. The monoisotopic (exact) mass is 1000 g/mol. The molecule has 2 aliphatic rings. The van der Waals surface area contributed by atoms with Gasteiger partial charge in [0.25, 0.3) is 0 Å². The molecule has 2 saturated heterocycles. The number of hydrogen-bond acceptors (Lipinski definition) is 13. The molecule has 17 heteroatoms. The molecular formula is C50H84O13Si4. The number of benzene rings is 2. The Morgan fingerprint density at radius 1 is 0.597 bits per heavy atom. The van der Waals surface area contributed by atoms with Crippen molar-refractivity contribution in [3.05, 3.63) is 71.8 Å². The Balaban J connectivity index is 1.90. The van der Waals surface area contributed by atoms with Crippen molar-refractivity contribution in [3.8, 4) is 0 Å². The summed E-state index contributed by atoms with van der Waals surface area (Å²) in [5.74, 6) is -2.46. The fourth-order valence-electron chi connectivity index (χ4n) is 6.56. The van der Waals surface area contributed by atoms with Gasteiger partial charge in [-0.1, -0.05) is 119 Å². The topological polar surface area (TPSA) is 155 Å². The van der Waals surface area contributed by atoms with Gasteiger partial charge in [-0.25, -0.2) is 14.4 Å². The maximum absolute atomic E-state index is 13.6. The molecule has 0 amide bonds. The highest BCUT2D eigenvalue weighted by Crippen LogP contribution is 2.47. The van der Waals surface area contributed by atoms with E-state index in [2.05, 4.69) is 135 Å². The van der Waals surface area contributed by atoms with E-state index in [9.17, 15) is 19.5 Å². The highest BCUT2D eigenvalue weighted by Gasteiger charge is 2.60. The largest absolute Gasteiger partial charge is 0.459 e. The molecule has 2 aliphatic heterocycles. The van der Waals surface area contributed by atoms with Crippen LogP contribution in [0.25, 0.3) is 0 Å². The van der Waals surface area contributed by atoms with Gasteiger partial charge in [0.1, 0.15) is 37.1 Å². The first-order valence-corrected chi connectivity index (χ1v) is 35.4. The van der Waals surface area contributed by atoms with Crippen LogP contribution >= 0.6 is 0 Å². The summed E-state index contributed by atoms with van der Waals surface area (Å²) in [6.07, 6.45) is -10.5. The first-order chi connectivity index (χ1) is 30.4. The van der Waals surface area contributed by atoms with Crippen LogP contribution in [-0.2, 0) is 46.2 Å². The second-order valence-corrected chi connectivity index (χ2v) is 43.4. The van der Waals surface area contributed by atoms with Crippen LogP contribution in [0.5, 0.6) is 0 Å². The van der Waals surface area contributed by atoms with Gasteiger partial charge in [0.2, 0.25) is 6.10 Å². The minimum atomic E-state index is -2.70. The zero-order chi connectivity index (χ0) is 50.9. The summed E-state index contributed by atoms with van der Waals surface area (Å²) in [6, 6.07) is 16.6. The molecule has 67 heavy (non-hydrogen) atoms. The Kier molecular flexibility index (Phi) is 17.9. The first kappa shape index (κ1) is 57.0. The summed E-state index contributed by atoms with van der Waals surface area (Å²) in [4.78, 5) is 40.4. The number of hydrogen-bond donors (Lipinski definition) is 1. The van der Waals surface area contributed by atoms with Crippen molar-refractivity contribution in [2.45, 2.75) is 211 Å². The van der Waals surface area contributed by atoms with E-state index < -0.39 is 113 Å². The molecule has 2 aromatic carbocycles. The van der Waals surface area contributed by atoms with E-state index in [0.717, 1.165) is 0 Å². The lowest BCUT2D eigenvalue weighted by Gasteiger charge is -2.46. The Bertz CT molecular complexity index is 1970. The number of esters is 3. The molecule has 0 aromatic heterocycles. The number of carbonyl (C=O) groups is 3. The number of rotatable bonds is 18. The second-order valence-electron chi connectivity index (χ2n) is 24.4. The SMILES string of the molecule is CC(C)(C)[Si](C)(C)OC[C@@H](O[Si](C)(C)C(C)(C)C)[C@@H]1O[C@@H](O[C@H](COC(=O)c2ccccc2)[C@@H]2OC(=O)[C@H](OC(=O)c3ccccc3)[C@H]2O)[C@H](O[Si](C)(C)C(C)(C)C)[C@H]1O[Si](C)(C)C(C)(C)C. The standard InChI is InChI=1S/C50H84O13Si4/c1-47(2,3)64(13,14)56-32-36(61-65(15,16)48(4,5)6)39-41(62-66(17,18)49(7,8)9)42(63-67(19,20)50(10,11)12)46(60-39)57-35(31-55-43(52)33-27-23-21-24-28-33)38-37(51)40(45(54)58-38)59-44(53)34-29-25-22-26-30-34/h21-30,35-42,46,51H,31-32H2,1-20H3/t35-,36-,37+,38+,39+,40-,41+,42-,46-/m1/s1. The first-order valence-electron chi connectivity index (χ1n) is 23.8. The van der Waals surface area contributed by atoms with Crippen molar-refractivity contribution in [2.75, 3.05) is 13.2 Å². The van der Waals surface area contributed by atoms with Gasteiger partial charge in [-0.15, -0.1) is 0 Å². The van der Waals surface area contributed by atoms with Crippen molar-refractivity contribution in [3.63, 3.8) is 0 Å². The smallest absolute Gasteiger partial charge is 0.350 e. The van der Waals surface area contributed by atoms with Crippen LogP contribution in [0.15, 0.2) is 60.7 Å². The zero-order valence-electron chi connectivity index (χ0n) is 44.2. The van der Waals surface area contributed by atoms with Crippen molar-refractivity contribution in [2.24, 2.45) is 0 Å². The second kappa shape index (κ2) is 21.0. The number of aliphatic hydroxyl groups is 1. The normalized spacial score (nSPS) is 24.6. The van der Waals surface area contributed by atoms with E-state index >= 15 is 0 Å². The van der Waals surface area contributed by atoms with E-state index in [1.54, 1.807) is 60.7 Å². The molecule has 0 saturated carbocycles. The van der Waals surface area contributed by atoms with Crippen molar-refractivity contribution in [1.82, 2.24) is 0 Å². The fourth-order valence-corrected chi connectivity index (χ4v) is 11.5. The zero-order valence-corrected chi connectivity index (χ0v) is 48.2. The number of aliphatic hydroxyl groups excluding tert-OH is 1. The Morgan fingerprint density at radius 3 is 1.51 bits per heavy atom. The lowest BCUT2D eigenvalue weighted by molar-refractivity contribution is -0.227. The molecule has 2 aromatic rings. The summed E-state index contributed by atoms with van der Waals surface area (Å²) < 4.78 is 60.9. The predicted octanol–water partition coefficient (Wildman–Crippen LogP) is 10.7. The quantitative estimate of drug-likeness (QED) is 0.0857. The van der Waals surface area contributed by atoms with E-state index in [1.807, 2.05) is 0 Å². The summed E-state index contributed by atoms with van der Waals surface area (Å²) >= 11 is 0. The number of ether oxygens (including phenoxy) is 5. The molecular weight excluding hydrogens is 921 g/mol. The number of cyclic esters (lactones) is 1. The molecule has 0 bridgehead atoms. The van der Waals surface area contributed by atoms with Crippen LogP contribution in [-0.4, -0.2) is 125 Å². The van der Waals surface area contributed by atoms with Crippen molar-refractivity contribution < 1.29 is 60.9 Å². The van der Waals surface area contributed by atoms with Crippen LogP contribution in [0.4, 0.5) is 0 Å². The van der Waals surface area contributed by atoms with Gasteiger partial charge in [0, 0.05) is 0 Å². The van der Waals surface area contributed by atoms with Crippen LogP contribution in [0.3, 0.4) is 0 Å². The Morgan fingerprint density at radius 2 is 1.04 bits per heavy atom. The summed E-state index contributed by atoms with van der Waals surface area (Å²) in [5, 5.41) is 11.1. The lowest BCUT2D eigenvalue weighted by atomic mass is 10.1. The van der Waals surface area contributed by atoms with Crippen LogP contribution in [0.1, 0.15) is 104 Å². The molecule has 2 heterocycles. The molecule has 0 radical (unpaired) electrons. The molecule has 0 unspecified atom stereocenters. The van der Waals surface area contributed by atoms with Gasteiger partial charge in [-0.05, 0) is 96.8 Å². The molecule has 2 fully saturated rings. The van der Waals surface area contributed by atoms with Gasteiger partial charge in [-0.2, -0.15) is 0 Å². The maximum atomic E-state index is 13.6. The van der Waals surface area contributed by atoms with Crippen LogP contribution < -0.4 is 0 Å². The third-order valence-corrected chi connectivity index (χ3v) is 33.1. The molecule has 0 spiro atoms. The molecule has 9 atom stereocenters. The van der Waals surface area contributed by atoms with E-state index in [0.29, 0.717) is 0 Å². The van der Waals surface area contributed by atoms with Crippen molar-refractivity contribution >= 4 is 51.2 Å². The Hall–Kier alpha value is -2.56. The lowest BCUT2D eigenvalue weighted by Crippen LogP contribution is -2.58. The average Bonchev–Trinajstić information content (AvgIpc) is 3.66. The summed E-state index contributed by atoms with van der Waals surface area (Å²) in [6.45, 7) is 43.4. The van der Waals surface area contributed by atoms with Gasteiger partial charge >= 0.3 is 17.9 Å². The molecule has 0 aliphatic carbocycles.